The van der Waals surface area contributed by atoms with Gasteiger partial charge in [0, 0.05) is 17.8 Å². The van der Waals surface area contributed by atoms with E-state index in [0.29, 0.717) is 12.0 Å². The van der Waals surface area contributed by atoms with Crippen molar-refractivity contribution in [3.8, 4) is 0 Å². The standard InChI is InChI=1S/C46H64N2O11/c1-11-35-46(8)39(47-44(53)59-46)29(4)36(49)27(2)26-45(7,54-24-18-21-32-19-14-12-15-20-32)40(30(5)37(50)31(6)41(51)56-35)58-43-38(34(48(9)10)25-28(3)55-43)57-42(52)33-22-16-13-17-23-33/h12-23,27-31,34-35,37-40,43,50H,11,24-26H2,1-10H3,(H,47,53)/b21-18+/t27-,28-,29+,30+,31-,34+,35-,37+,38-,39-,40-,43+,45+,46-/m1/s1. The summed E-state index contributed by atoms with van der Waals surface area (Å²) in [4.78, 5) is 57.0. The number of aliphatic hydroxyl groups is 1. The summed E-state index contributed by atoms with van der Waals surface area (Å²) in [5.74, 6) is -4.78. The van der Waals surface area contributed by atoms with Crippen LogP contribution in [0.3, 0.4) is 0 Å². The summed E-state index contributed by atoms with van der Waals surface area (Å²) >= 11 is 0. The van der Waals surface area contributed by atoms with E-state index in [2.05, 4.69) is 5.32 Å². The molecule has 0 bridgehead atoms. The Morgan fingerprint density at radius 2 is 1.61 bits per heavy atom. The van der Waals surface area contributed by atoms with Crippen molar-refractivity contribution in [2.24, 2.45) is 23.7 Å². The van der Waals surface area contributed by atoms with Gasteiger partial charge in [0.05, 0.1) is 54.1 Å². The molecule has 13 nitrogen and oxygen atoms in total. The van der Waals surface area contributed by atoms with Gasteiger partial charge in [-0.25, -0.2) is 9.59 Å². The van der Waals surface area contributed by atoms with Crippen LogP contribution >= 0.6 is 0 Å². The fourth-order valence-electron chi connectivity index (χ4n) is 9.14. The van der Waals surface area contributed by atoms with E-state index < -0.39 is 89.7 Å². The van der Waals surface area contributed by atoms with Gasteiger partial charge in [0.2, 0.25) is 0 Å². The van der Waals surface area contributed by atoms with Gasteiger partial charge in [-0.2, -0.15) is 0 Å². The van der Waals surface area contributed by atoms with Crippen LogP contribution in [-0.2, 0) is 38.0 Å². The number of fused-ring (bicyclic) bond motifs is 1. The molecule has 3 aliphatic heterocycles. The van der Waals surface area contributed by atoms with Crippen molar-refractivity contribution in [3.63, 3.8) is 0 Å². The summed E-state index contributed by atoms with van der Waals surface area (Å²) in [5, 5.41) is 15.0. The Bertz CT molecular complexity index is 1770. The summed E-state index contributed by atoms with van der Waals surface area (Å²) in [6, 6.07) is 17.3. The highest BCUT2D eigenvalue weighted by Gasteiger charge is 2.57. The molecule has 0 aliphatic carbocycles. The first-order valence-corrected chi connectivity index (χ1v) is 20.9. The maximum Gasteiger partial charge on any atom is 0.408 e. The molecule has 0 radical (unpaired) electrons. The Morgan fingerprint density at radius 3 is 2.24 bits per heavy atom. The number of ether oxygens (including phenoxy) is 6. The Hall–Kier alpha value is -4.14. The number of alkyl carbamates (subject to hydrolysis) is 1. The molecule has 3 fully saturated rings. The molecule has 0 saturated carbocycles. The van der Waals surface area contributed by atoms with Gasteiger partial charge >= 0.3 is 18.0 Å². The smallest absolute Gasteiger partial charge is 0.408 e. The quantitative estimate of drug-likeness (QED) is 0.206. The number of nitrogens with zero attached hydrogens (tertiary/aromatic N) is 1. The second-order valence-corrected chi connectivity index (χ2v) is 17.3. The Balaban J connectivity index is 1.60. The number of ketones is 1. The van der Waals surface area contributed by atoms with Crippen molar-refractivity contribution in [2.75, 3.05) is 20.7 Å². The molecule has 3 saturated heterocycles. The number of rotatable bonds is 10. The summed E-state index contributed by atoms with van der Waals surface area (Å²) in [7, 11) is 3.80. The molecule has 59 heavy (non-hydrogen) atoms. The van der Waals surface area contributed by atoms with Crippen LogP contribution in [0.1, 0.15) is 90.6 Å². The number of likely N-dealkylation sites (N-methyl/N-ethyl adjacent to an activating group) is 1. The summed E-state index contributed by atoms with van der Waals surface area (Å²) in [5.41, 5.74) is -1.37. The summed E-state index contributed by atoms with van der Waals surface area (Å²) in [6.45, 7) is 14.2. The lowest BCUT2D eigenvalue weighted by atomic mass is 9.73. The fraction of sp³-hybridized carbons (Fsp3) is 0.609. The van der Waals surface area contributed by atoms with Crippen LogP contribution in [0.4, 0.5) is 4.79 Å². The molecule has 2 aromatic rings. The fourth-order valence-corrected chi connectivity index (χ4v) is 9.14. The molecule has 14 atom stereocenters. The third kappa shape index (κ3) is 10.4. The lowest BCUT2D eigenvalue weighted by molar-refractivity contribution is -0.302. The molecule has 0 unspecified atom stereocenters. The molecule has 3 heterocycles. The third-order valence-corrected chi connectivity index (χ3v) is 12.5. The number of hydrogen-bond donors (Lipinski definition) is 2. The maximum atomic E-state index is 14.6. The highest BCUT2D eigenvalue weighted by Crippen LogP contribution is 2.41. The SMILES string of the molecule is CC[C@H]1OC(=O)[C@H](C)[C@@H](O)[C@H](C)[C@@H](O[C@@H]2O[C@H](C)C[C@H](N(C)C)[C@H]2OC(=O)c2ccccc2)[C@@](C)(OC/C=C/c2ccccc2)C[C@@H](C)C(=O)[C@H](C)[C@H]2NC(=O)O[C@@]21C. The number of Topliss-reactive ketones (excluding diaryl/α,β-unsaturated/α-hetero) is 1. The van der Waals surface area contributed by atoms with Gasteiger partial charge in [0.15, 0.2) is 18.0 Å². The van der Waals surface area contributed by atoms with Gasteiger partial charge in [0.1, 0.15) is 11.9 Å². The first kappa shape index (κ1) is 45.9. The van der Waals surface area contributed by atoms with E-state index in [4.69, 9.17) is 28.4 Å². The molecule has 2 aromatic carbocycles. The second kappa shape index (κ2) is 19.5. The van der Waals surface area contributed by atoms with Gasteiger partial charge in [-0.05, 0) is 78.7 Å². The lowest BCUT2D eigenvalue weighted by Gasteiger charge is -2.49. The minimum Gasteiger partial charge on any atom is -0.458 e. The summed E-state index contributed by atoms with van der Waals surface area (Å²) in [6.07, 6.45) is -1.72. The van der Waals surface area contributed by atoms with Gasteiger partial charge < -0.3 is 43.7 Å². The number of benzene rings is 2. The van der Waals surface area contributed by atoms with E-state index in [9.17, 15) is 24.3 Å². The molecular weight excluding hydrogens is 757 g/mol. The van der Waals surface area contributed by atoms with Gasteiger partial charge in [0.25, 0.3) is 0 Å². The van der Waals surface area contributed by atoms with Crippen molar-refractivity contribution in [2.45, 2.75) is 135 Å². The zero-order valence-electron chi connectivity index (χ0n) is 36.2. The molecule has 1 amide bonds. The predicted molar refractivity (Wildman–Crippen MR) is 221 cm³/mol. The van der Waals surface area contributed by atoms with E-state index in [1.165, 1.54) is 0 Å². The largest absolute Gasteiger partial charge is 0.458 e. The van der Waals surface area contributed by atoms with Crippen LogP contribution in [0.2, 0.25) is 0 Å². The second-order valence-electron chi connectivity index (χ2n) is 17.3. The molecule has 5 rings (SSSR count). The molecule has 13 heteroatoms. The molecule has 3 aliphatic rings. The normalized spacial score (nSPS) is 37.3. The van der Waals surface area contributed by atoms with Gasteiger partial charge in [-0.1, -0.05) is 88.4 Å². The lowest BCUT2D eigenvalue weighted by Crippen LogP contribution is -2.61. The van der Waals surface area contributed by atoms with Crippen LogP contribution < -0.4 is 5.32 Å². The van der Waals surface area contributed by atoms with Crippen molar-refractivity contribution in [1.82, 2.24) is 10.2 Å². The van der Waals surface area contributed by atoms with E-state index >= 15 is 0 Å². The van der Waals surface area contributed by atoms with Crippen LogP contribution in [-0.4, -0.2) is 115 Å². The zero-order valence-corrected chi connectivity index (χ0v) is 36.2. The average molecular weight is 821 g/mol. The van der Waals surface area contributed by atoms with E-state index in [-0.39, 0.29) is 37.4 Å². The monoisotopic (exact) mass is 820 g/mol. The average Bonchev–Trinajstić information content (AvgIpc) is 3.53. The van der Waals surface area contributed by atoms with Crippen molar-refractivity contribution in [3.05, 3.63) is 77.9 Å². The topological polar surface area (TPSA) is 159 Å². The number of cyclic esters (lactones) is 1. The van der Waals surface area contributed by atoms with E-state index in [0.717, 1.165) is 5.56 Å². The predicted octanol–water partition coefficient (Wildman–Crippen LogP) is 6.22. The molecule has 0 aromatic heterocycles. The highest BCUT2D eigenvalue weighted by atomic mass is 16.7. The number of carbonyl (C=O) groups excluding carboxylic acids is 4. The first-order valence-electron chi connectivity index (χ1n) is 20.9. The van der Waals surface area contributed by atoms with Crippen LogP contribution in [0, 0.1) is 23.7 Å². The number of nitrogens with one attached hydrogen (secondary N) is 1. The van der Waals surface area contributed by atoms with E-state index in [1.807, 2.05) is 88.3 Å². The van der Waals surface area contributed by atoms with Crippen molar-refractivity contribution >= 4 is 29.9 Å². The van der Waals surface area contributed by atoms with Crippen molar-refractivity contribution in [1.29, 1.82) is 0 Å². The number of aliphatic hydroxyl groups excluding tert-OH is 1. The van der Waals surface area contributed by atoms with Gasteiger partial charge in [-0.3, -0.25) is 9.59 Å². The summed E-state index contributed by atoms with van der Waals surface area (Å²) < 4.78 is 38.5. The zero-order chi connectivity index (χ0) is 43.2. The van der Waals surface area contributed by atoms with Crippen LogP contribution in [0.15, 0.2) is 66.7 Å². The van der Waals surface area contributed by atoms with Crippen molar-refractivity contribution < 1.29 is 52.7 Å². The Morgan fingerprint density at radius 1 is 0.966 bits per heavy atom. The maximum absolute atomic E-state index is 14.6. The minimum absolute atomic E-state index is 0.0968. The third-order valence-electron chi connectivity index (χ3n) is 12.5. The Labute approximate surface area is 349 Å². The molecular formula is C46H64N2O11. The molecule has 324 valence electrons. The number of amides is 1. The number of hydrogen-bond acceptors (Lipinski definition) is 12. The van der Waals surface area contributed by atoms with Gasteiger partial charge in [-0.15, -0.1) is 0 Å². The minimum atomic E-state index is -1.37. The molecule has 0 spiro atoms. The first-order chi connectivity index (χ1) is 27.9. The van der Waals surface area contributed by atoms with E-state index in [1.54, 1.807) is 58.9 Å². The molecule has 2 N–H and O–H groups in total. The van der Waals surface area contributed by atoms with Crippen LogP contribution in [0.5, 0.6) is 0 Å². The highest BCUT2D eigenvalue weighted by molar-refractivity contribution is 5.89. The van der Waals surface area contributed by atoms with Crippen LogP contribution in [0.25, 0.3) is 6.08 Å². The number of carbonyl (C=O) groups is 4. The Kier molecular flexibility index (Phi) is 15.2. The number of esters is 2.